The lowest BCUT2D eigenvalue weighted by Crippen LogP contribution is -2.11. The quantitative estimate of drug-likeness (QED) is 0.484. The van der Waals surface area contributed by atoms with E-state index in [1.165, 1.54) is 4.90 Å². The second-order valence-electron chi connectivity index (χ2n) is 5.54. The molecule has 1 aliphatic rings. The lowest BCUT2D eigenvalue weighted by atomic mass is 10.0. The number of hydrogen-bond donors (Lipinski definition) is 0. The minimum atomic E-state index is 0.0397. The lowest BCUT2D eigenvalue weighted by Gasteiger charge is -2.13. The molecule has 0 aliphatic carbocycles. The van der Waals surface area contributed by atoms with Crippen molar-refractivity contribution in [2.45, 2.75) is 4.90 Å². The first-order chi connectivity index (χ1) is 11.2. The molecule has 0 saturated carbocycles. The number of carbonyl (C=O) groups excluding carboxylic acids is 1. The van der Waals surface area contributed by atoms with Crippen LogP contribution in [0.5, 0.6) is 0 Å². The lowest BCUT2D eigenvalue weighted by molar-refractivity contribution is 0.104. The van der Waals surface area contributed by atoms with Gasteiger partial charge in [0.05, 0.1) is 10.7 Å². The number of benzene rings is 3. The average molecular weight is 317 g/mol. The van der Waals surface area contributed by atoms with Gasteiger partial charge >= 0.3 is 0 Å². The Kier molecular flexibility index (Phi) is 3.43. The summed E-state index contributed by atoms with van der Waals surface area (Å²) in [6, 6.07) is 22.1. The third kappa shape index (κ3) is 2.53. The molecule has 1 aliphatic heterocycles. The largest absolute Gasteiger partial charge is 0.338 e. The molecule has 112 valence electrons. The van der Waals surface area contributed by atoms with Crippen molar-refractivity contribution in [2.24, 2.45) is 0 Å². The normalized spacial score (nSPS) is 15.2. The van der Waals surface area contributed by atoms with E-state index in [2.05, 4.69) is 23.1 Å². The van der Waals surface area contributed by atoms with E-state index in [1.54, 1.807) is 17.8 Å². The summed E-state index contributed by atoms with van der Waals surface area (Å²) in [6.45, 7) is 0. The summed E-state index contributed by atoms with van der Waals surface area (Å²) in [5.74, 6) is 0.0397. The molecule has 3 aromatic carbocycles. The highest BCUT2D eigenvalue weighted by Gasteiger charge is 2.22. The van der Waals surface area contributed by atoms with Crippen LogP contribution in [-0.4, -0.2) is 12.8 Å². The molecule has 0 aromatic heterocycles. The maximum absolute atomic E-state index is 12.6. The molecule has 0 fully saturated rings. The van der Waals surface area contributed by atoms with E-state index >= 15 is 0 Å². The van der Waals surface area contributed by atoms with Gasteiger partial charge in [0.2, 0.25) is 0 Å². The fourth-order valence-corrected chi connectivity index (χ4v) is 3.87. The Balaban J connectivity index is 1.67. The van der Waals surface area contributed by atoms with E-state index < -0.39 is 0 Å². The number of hydrogen-bond acceptors (Lipinski definition) is 3. The number of carbonyl (C=O) groups is 1. The molecule has 0 unspecified atom stereocenters. The Morgan fingerprint density at radius 1 is 0.957 bits per heavy atom. The van der Waals surface area contributed by atoms with E-state index in [1.807, 2.05) is 55.6 Å². The molecule has 0 amide bonds. The number of anilines is 1. The second kappa shape index (κ2) is 5.60. The van der Waals surface area contributed by atoms with Crippen molar-refractivity contribution < 1.29 is 4.79 Å². The molecule has 0 saturated heterocycles. The zero-order valence-electron chi connectivity index (χ0n) is 12.7. The zero-order valence-corrected chi connectivity index (χ0v) is 13.5. The molecule has 0 spiro atoms. The summed E-state index contributed by atoms with van der Waals surface area (Å²) in [4.78, 5) is 15.9. The van der Waals surface area contributed by atoms with Crippen molar-refractivity contribution in [1.29, 1.82) is 0 Å². The smallest absolute Gasteiger partial charge is 0.188 e. The molecule has 0 radical (unpaired) electrons. The first-order valence-electron chi connectivity index (χ1n) is 7.48. The second-order valence-corrected chi connectivity index (χ2v) is 6.60. The standard InChI is InChI=1S/C20H15NOS/c1-21-17-8-4-5-9-19(17)23-20(21)13-18(22)16-11-10-14-6-2-3-7-15(14)12-16/h2-13H,1H3/b20-13+. The summed E-state index contributed by atoms with van der Waals surface area (Å²) >= 11 is 1.64. The van der Waals surface area contributed by atoms with Crippen LogP contribution in [0.25, 0.3) is 10.8 Å². The van der Waals surface area contributed by atoms with Crippen LogP contribution < -0.4 is 4.90 Å². The van der Waals surface area contributed by atoms with Gasteiger partial charge in [0.25, 0.3) is 0 Å². The summed E-state index contributed by atoms with van der Waals surface area (Å²) in [7, 11) is 2.00. The van der Waals surface area contributed by atoms with Crippen LogP contribution in [0.2, 0.25) is 0 Å². The predicted octanol–water partition coefficient (Wildman–Crippen LogP) is 5.11. The van der Waals surface area contributed by atoms with E-state index in [0.29, 0.717) is 0 Å². The molecule has 2 nitrogen and oxygen atoms in total. The van der Waals surface area contributed by atoms with E-state index in [-0.39, 0.29) is 5.78 Å². The monoisotopic (exact) mass is 317 g/mol. The Hall–Kier alpha value is -2.52. The number of allylic oxidation sites excluding steroid dienone is 1. The summed E-state index contributed by atoms with van der Waals surface area (Å²) < 4.78 is 0. The van der Waals surface area contributed by atoms with Crippen molar-refractivity contribution in [3.63, 3.8) is 0 Å². The molecular weight excluding hydrogens is 302 g/mol. The van der Waals surface area contributed by atoms with Crippen LogP contribution in [0.1, 0.15) is 10.4 Å². The Labute approximate surface area is 139 Å². The summed E-state index contributed by atoms with van der Waals surface area (Å²) in [5.41, 5.74) is 1.87. The van der Waals surface area contributed by atoms with Gasteiger partial charge in [0.1, 0.15) is 0 Å². The maximum Gasteiger partial charge on any atom is 0.188 e. The Bertz CT molecular complexity index is 945. The van der Waals surface area contributed by atoms with Crippen LogP contribution in [-0.2, 0) is 0 Å². The SMILES string of the molecule is CN1/C(=C\C(=O)c2ccc3ccccc3c2)Sc2ccccc21. The van der Waals surface area contributed by atoms with E-state index in [9.17, 15) is 4.79 Å². The highest BCUT2D eigenvalue weighted by molar-refractivity contribution is 8.03. The highest BCUT2D eigenvalue weighted by Crippen LogP contribution is 2.44. The van der Waals surface area contributed by atoms with Gasteiger partial charge < -0.3 is 4.90 Å². The summed E-state index contributed by atoms with van der Waals surface area (Å²) in [5, 5.41) is 3.20. The number of rotatable bonds is 2. The number of nitrogens with zero attached hydrogens (tertiary/aromatic N) is 1. The third-order valence-corrected chi connectivity index (χ3v) is 5.23. The van der Waals surface area contributed by atoms with Gasteiger partial charge in [-0.15, -0.1) is 0 Å². The molecule has 0 bridgehead atoms. The van der Waals surface area contributed by atoms with Crippen molar-refractivity contribution in [3.05, 3.63) is 83.4 Å². The fraction of sp³-hybridized carbons (Fsp3) is 0.0500. The van der Waals surface area contributed by atoms with Crippen molar-refractivity contribution >= 4 is 34.0 Å². The molecule has 4 rings (SSSR count). The van der Waals surface area contributed by atoms with E-state index in [0.717, 1.165) is 27.1 Å². The Morgan fingerprint density at radius 3 is 2.52 bits per heavy atom. The predicted molar refractivity (Wildman–Crippen MR) is 97.1 cm³/mol. The van der Waals surface area contributed by atoms with Crippen LogP contribution >= 0.6 is 11.8 Å². The molecular formula is C20H15NOS. The summed E-state index contributed by atoms with van der Waals surface area (Å²) in [6.07, 6.45) is 1.73. The van der Waals surface area contributed by atoms with Gasteiger partial charge in [-0.05, 0) is 29.0 Å². The first kappa shape index (κ1) is 14.1. The van der Waals surface area contributed by atoms with Crippen LogP contribution in [0.4, 0.5) is 5.69 Å². The number of para-hydroxylation sites is 1. The molecule has 3 heteroatoms. The van der Waals surface area contributed by atoms with Crippen molar-refractivity contribution in [3.8, 4) is 0 Å². The maximum atomic E-state index is 12.6. The minimum Gasteiger partial charge on any atom is -0.338 e. The van der Waals surface area contributed by atoms with Crippen LogP contribution in [0, 0.1) is 0 Å². The van der Waals surface area contributed by atoms with Gasteiger partial charge in [0.15, 0.2) is 5.78 Å². The molecule has 1 heterocycles. The molecule has 23 heavy (non-hydrogen) atoms. The molecule has 3 aromatic rings. The van der Waals surface area contributed by atoms with Crippen LogP contribution in [0.3, 0.4) is 0 Å². The highest BCUT2D eigenvalue weighted by atomic mass is 32.2. The van der Waals surface area contributed by atoms with Gasteiger partial charge in [-0.25, -0.2) is 0 Å². The fourth-order valence-electron chi connectivity index (χ4n) is 2.78. The zero-order chi connectivity index (χ0) is 15.8. The van der Waals surface area contributed by atoms with Gasteiger partial charge in [-0.2, -0.15) is 0 Å². The first-order valence-corrected chi connectivity index (χ1v) is 8.29. The van der Waals surface area contributed by atoms with Gasteiger partial charge in [-0.1, -0.05) is 60.3 Å². The van der Waals surface area contributed by atoms with Crippen LogP contribution in [0.15, 0.2) is 82.7 Å². The average Bonchev–Trinajstić information content (AvgIpc) is 2.91. The molecule has 0 atom stereocenters. The number of ketones is 1. The number of thioether (sulfide) groups is 1. The molecule has 0 N–H and O–H groups in total. The third-order valence-electron chi connectivity index (χ3n) is 4.06. The number of fused-ring (bicyclic) bond motifs is 2. The Morgan fingerprint density at radius 2 is 1.70 bits per heavy atom. The van der Waals surface area contributed by atoms with Crippen molar-refractivity contribution in [2.75, 3.05) is 11.9 Å². The van der Waals surface area contributed by atoms with E-state index in [4.69, 9.17) is 0 Å². The van der Waals surface area contributed by atoms with Gasteiger partial charge in [0, 0.05) is 23.6 Å². The minimum absolute atomic E-state index is 0.0397. The van der Waals surface area contributed by atoms with Gasteiger partial charge in [-0.3, -0.25) is 4.79 Å². The van der Waals surface area contributed by atoms with Crippen molar-refractivity contribution in [1.82, 2.24) is 0 Å². The topological polar surface area (TPSA) is 20.3 Å².